The Bertz CT molecular complexity index is 1820. The molecule has 0 aliphatic heterocycles. The third-order valence-electron chi connectivity index (χ3n) is 12.0. The molecule has 0 aromatic heterocycles. The van der Waals surface area contributed by atoms with Gasteiger partial charge in [0.25, 0.3) is 0 Å². The van der Waals surface area contributed by atoms with Crippen LogP contribution in [0.15, 0.2) is 146 Å². The molecule has 0 heterocycles. The van der Waals surface area contributed by atoms with Gasteiger partial charge in [-0.2, -0.15) is 0 Å². The number of hydrogen-bond acceptors (Lipinski definition) is 2. The first kappa shape index (κ1) is 39.2. The van der Waals surface area contributed by atoms with E-state index in [1.165, 1.54) is 99.6 Å². The van der Waals surface area contributed by atoms with Gasteiger partial charge >= 0.3 is 0 Å². The first-order chi connectivity index (χ1) is 27.5. The zero-order valence-electron chi connectivity index (χ0n) is 34.4. The van der Waals surface area contributed by atoms with Gasteiger partial charge in [0.1, 0.15) is 0 Å². The zero-order chi connectivity index (χ0) is 38.7. The monoisotopic (exact) mass is 738 g/mol. The zero-order valence-corrected chi connectivity index (χ0v) is 34.4. The molecule has 7 rings (SSSR count). The van der Waals surface area contributed by atoms with Crippen LogP contribution in [0, 0.1) is 0 Å². The predicted molar refractivity (Wildman–Crippen MR) is 242 cm³/mol. The van der Waals surface area contributed by atoms with Gasteiger partial charge in [-0.3, -0.25) is 0 Å². The largest absolute Gasteiger partial charge is 0.311 e. The molecule has 0 radical (unpaired) electrons. The third kappa shape index (κ3) is 8.81. The highest BCUT2D eigenvalue weighted by molar-refractivity contribution is 5.78. The minimum absolute atomic E-state index is 0.00181. The van der Waals surface area contributed by atoms with Crippen molar-refractivity contribution < 1.29 is 0 Å². The van der Waals surface area contributed by atoms with Gasteiger partial charge in [0.15, 0.2) is 0 Å². The van der Waals surface area contributed by atoms with Crippen LogP contribution >= 0.6 is 0 Å². The van der Waals surface area contributed by atoms with E-state index in [0.29, 0.717) is 0 Å². The van der Waals surface area contributed by atoms with E-state index in [2.05, 4.69) is 183 Å². The van der Waals surface area contributed by atoms with E-state index >= 15 is 0 Å². The van der Waals surface area contributed by atoms with Crippen LogP contribution in [0.25, 0.3) is 0 Å². The minimum Gasteiger partial charge on any atom is -0.311 e. The van der Waals surface area contributed by atoms with E-state index in [-0.39, 0.29) is 5.41 Å². The normalized spacial score (nSPS) is 13.7. The van der Waals surface area contributed by atoms with Crippen LogP contribution in [0.5, 0.6) is 0 Å². The van der Waals surface area contributed by atoms with E-state index in [4.69, 9.17) is 0 Å². The standard InChI is InChI=1S/C54H62N2/c1-5-12-42-16-28-48(29-17-42)55(49-30-18-43(13-6-2)19-31-49)52-36-24-46(25-37-52)54(40-10-9-11-41-54)47-26-38-53(39-27-47)56(50-32-20-44(14-7-3)21-33-50)51-34-22-45(15-8-4)23-35-51/h16-39H,5-15,40-41H2,1-4H3. The van der Waals surface area contributed by atoms with Gasteiger partial charge in [0.05, 0.1) is 0 Å². The molecular weight excluding hydrogens is 677 g/mol. The first-order valence-corrected chi connectivity index (χ1v) is 21.7. The Hall–Kier alpha value is -5.08. The Balaban J connectivity index is 1.23. The van der Waals surface area contributed by atoms with Crippen molar-refractivity contribution in [3.8, 4) is 0 Å². The fourth-order valence-corrected chi connectivity index (χ4v) is 9.05. The van der Waals surface area contributed by atoms with E-state index < -0.39 is 0 Å². The molecule has 1 aliphatic carbocycles. The lowest BCUT2D eigenvalue weighted by Crippen LogP contribution is -2.30. The second-order valence-electron chi connectivity index (χ2n) is 16.1. The molecule has 0 spiro atoms. The maximum Gasteiger partial charge on any atom is 0.0461 e. The smallest absolute Gasteiger partial charge is 0.0461 e. The molecule has 2 nitrogen and oxygen atoms in total. The third-order valence-corrected chi connectivity index (χ3v) is 12.0. The molecule has 2 heteroatoms. The molecule has 1 aliphatic rings. The fourth-order valence-electron chi connectivity index (χ4n) is 9.05. The average molecular weight is 739 g/mol. The topological polar surface area (TPSA) is 6.48 Å². The van der Waals surface area contributed by atoms with E-state index in [0.717, 1.165) is 51.4 Å². The Labute approximate surface area is 338 Å². The molecule has 0 amide bonds. The number of nitrogens with zero attached hydrogens (tertiary/aromatic N) is 2. The molecule has 56 heavy (non-hydrogen) atoms. The number of rotatable bonds is 16. The SMILES string of the molecule is CCCc1ccc(N(c2ccc(CCC)cc2)c2ccc(C3(c4ccc(N(c5ccc(CCC)cc5)c5ccc(CCC)cc5)cc4)CCCCC3)cc2)cc1. The summed E-state index contributed by atoms with van der Waals surface area (Å²) >= 11 is 0. The molecule has 0 N–H and O–H groups in total. The quantitative estimate of drug-likeness (QED) is 0.0975. The van der Waals surface area contributed by atoms with Crippen molar-refractivity contribution in [2.45, 2.75) is 117 Å². The Morgan fingerprint density at radius 3 is 0.786 bits per heavy atom. The van der Waals surface area contributed by atoms with E-state index in [1.54, 1.807) is 0 Å². The van der Waals surface area contributed by atoms with Crippen LogP contribution in [0.1, 0.15) is 119 Å². The van der Waals surface area contributed by atoms with E-state index in [9.17, 15) is 0 Å². The van der Waals surface area contributed by atoms with Crippen molar-refractivity contribution >= 4 is 34.1 Å². The van der Waals surface area contributed by atoms with Crippen molar-refractivity contribution in [3.63, 3.8) is 0 Å². The molecule has 1 fully saturated rings. The Kier molecular flexibility index (Phi) is 13.1. The van der Waals surface area contributed by atoms with Crippen molar-refractivity contribution in [1.82, 2.24) is 0 Å². The highest BCUT2D eigenvalue weighted by Crippen LogP contribution is 2.47. The van der Waals surface area contributed by atoms with Crippen molar-refractivity contribution in [3.05, 3.63) is 179 Å². The predicted octanol–water partition coefficient (Wildman–Crippen LogP) is 15.7. The van der Waals surface area contributed by atoms with Crippen molar-refractivity contribution in [2.75, 3.05) is 9.80 Å². The van der Waals surface area contributed by atoms with Crippen molar-refractivity contribution in [1.29, 1.82) is 0 Å². The maximum absolute atomic E-state index is 2.43. The highest BCUT2D eigenvalue weighted by atomic mass is 15.1. The number of aryl methyl sites for hydroxylation is 4. The second kappa shape index (κ2) is 18.7. The summed E-state index contributed by atoms with van der Waals surface area (Å²) in [5, 5.41) is 0. The lowest BCUT2D eigenvalue weighted by molar-refractivity contribution is 0.346. The molecule has 6 aromatic carbocycles. The average Bonchev–Trinajstić information content (AvgIpc) is 3.25. The summed E-state index contributed by atoms with van der Waals surface area (Å²) in [5.41, 5.74) is 15.7. The van der Waals surface area contributed by atoms with E-state index in [1.807, 2.05) is 0 Å². The summed E-state index contributed by atoms with van der Waals surface area (Å²) < 4.78 is 0. The molecule has 1 saturated carbocycles. The molecule has 288 valence electrons. The maximum atomic E-state index is 2.43. The van der Waals surface area contributed by atoms with Crippen LogP contribution < -0.4 is 9.80 Å². The van der Waals surface area contributed by atoms with Crippen LogP contribution in [-0.2, 0) is 31.1 Å². The Morgan fingerprint density at radius 1 is 0.321 bits per heavy atom. The second-order valence-corrected chi connectivity index (χ2v) is 16.1. The van der Waals surface area contributed by atoms with Crippen LogP contribution in [0.2, 0.25) is 0 Å². The molecule has 0 saturated heterocycles. The molecule has 6 aromatic rings. The molecule has 0 atom stereocenters. The fraction of sp³-hybridized carbons (Fsp3) is 0.333. The highest BCUT2D eigenvalue weighted by Gasteiger charge is 2.36. The summed E-state index contributed by atoms with van der Waals surface area (Å²) in [7, 11) is 0. The summed E-state index contributed by atoms with van der Waals surface area (Å²) in [6, 6.07) is 56.0. The minimum atomic E-state index is -0.00181. The molecule has 0 bridgehead atoms. The van der Waals surface area contributed by atoms with Crippen molar-refractivity contribution in [2.24, 2.45) is 0 Å². The van der Waals surface area contributed by atoms with Gasteiger partial charge in [-0.1, -0.05) is 145 Å². The summed E-state index contributed by atoms with van der Waals surface area (Å²) in [6.45, 7) is 9.01. The number of hydrogen-bond donors (Lipinski definition) is 0. The van der Waals surface area contributed by atoms with Gasteiger partial charge in [0, 0.05) is 39.5 Å². The van der Waals surface area contributed by atoms with Crippen LogP contribution in [-0.4, -0.2) is 0 Å². The lowest BCUT2D eigenvalue weighted by Gasteiger charge is -2.39. The first-order valence-electron chi connectivity index (χ1n) is 21.7. The summed E-state index contributed by atoms with van der Waals surface area (Å²) in [4.78, 5) is 4.85. The Morgan fingerprint density at radius 2 is 0.554 bits per heavy atom. The van der Waals surface area contributed by atoms with Gasteiger partial charge in [0.2, 0.25) is 0 Å². The van der Waals surface area contributed by atoms with Crippen LogP contribution in [0.4, 0.5) is 34.1 Å². The lowest BCUT2D eigenvalue weighted by atomic mass is 9.65. The molecular formula is C54H62N2. The number of benzene rings is 6. The summed E-state index contributed by atoms with van der Waals surface area (Å²) in [6.07, 6.45) is 15.2. The van der Waals surface area contributed by atoms with Gasteiger partial charge in [-0.15, -0.1) is 0 Å². The van der Waals surface area contributed by atoms with Crippen LogP contribution in [0.3, 0.4) is 0 Å². The number of anilines is 6. The van der Waals surface area contributed by atoms with Gasteiger partial charge < -0.3 is 9.80 Å². The van der Waals surface area contributed by atoms with Gasteiger partial charge in [-0.25, -0.2) is 0 Å². The summed E-state index contributed by atoms with van der Waals surface area (Å²) in [5.74, 6) is 0. The molecule has 0 unspecified atom stereocenters. The van der Waals surface area contributed by atoms with Gasteiger partial charge in [-0.05, 0) is 145 Å².